The molecule has 5 nitrogen and oxygen atoms in total. The Kier molecular flexibility index (Phi) is 11.1. The van der Waals surface area contributed by atoms with Crippen molar-refractivity contribution in [2.75, 3.05) is 37.5 Å². The van der Waals surface area contributed by atoms with Crippen molar-refractivity contribution >= 4 is 11.4 Å². The van der Waals surface area contributed by atoms with Crippen LogP contribution in [-0.4, -0.2) is 33.5 Å². The van der Waals surface area contributed by atoms with Crippen LogP contribution in [0, 0.1) is 5.92 Å². The number of nitrogens with one attached hydrogen (secondary N) is 3. The van der Waals surface area contributed by atoms with Gasteiger partial charge in [0.1, 0.15) is 5.82 Å². The zero-order chi connectivity index (χ0) is 23.3. The van der Waals surface area contributed by atoms with E-state index in [0.29, 0.717) is 5.92 Å². The molecule has 0 amide bonds. The van der Waals surface area contributed by atoms with Gasteiger partial charge in [0.2, 0.25) is 0 Å². The van der Waals surface area contributed by atoms with Crippen LogP contribution in [0.1, 0.15) is 53.6 Å². The third-order valence-electron chi connectivity index (χ3n) is 5.56. The maximum atomic E-state index is 5.57. The summed E-state index contributed by atoms with van der Waals surface area (Å²) in [5.41, 5.74) is 3.56. The Balaban J connectivity index is 0.00000103. The molecule has 1 saturated heterocycles. The van der Waals surface area contributed by atoms with Crippen molar-refractivity contribution < 1.29 is 6.16 Å². The topological polar surface area (TPSA) is 48.6 Å². The zero-order valence-electron chi connectivity index (χ0n) is 20.7. The molecule has 0 aliphatic carbocycles. The number of benzene rings is 2. The molecule has 3 N–H and O–H groups in total. The van der Waals surface area contributed by atoms with Crippen LogP contribution in [0.5, 0.6) is 0 Å². The normalized spacial score (nSPS) is 20.4. The van der Waals surface area contributed by atoms with Crippen LogP contribution >= 0.6 is 0 Å². The molecule has 178 valence electrons. The van der Waals surface area contributed by atoms with Gasteiger partial charge < -0.3 is 20.3 Å². The van der Waals surface area contributed by atoms with E-state index in [1.54, 1.807) is 0 Å². The quantitative estimate of drug-likeness (QED) is 0.533. The molecule has 0 spiro atoms. The molecule has 32 heavy (non-hydrogen) atoms. The average molecular weight is 441 g/mol. The van der Waals surface area contributed by atoms with Crippen LogP contribution in [0.3, 0.4) is 0 Å². The fourth-order valence-electron chi connectivity index (χ4n) is 3.90. The summed E-state index contributed by atoms with van der Waals surface area (Å²) in [6.45, 7) is 9.69. The molecule has 2 heterocycles. The second kappa shape index (κ2) is 13.8. The third kappa shape index (κ3) is 7.28. The van der Waals surface area contributed by atoms with Gasteiger partial charge in [-0.05, 0) is 54.7 Å². The van der Waals surface area contributed by atoms with Gasteiger partial charge in [-0.2, -0.15) is 0 Å². The highest BCUT2D eigenvalue weighted by Crippen LogP contribution is 2.27. The van der Waals surface area contributed by atoms with Crippen LogP contribution in [0.15, 0.2) is 66.5 Å². The SMILES string of the molecule is CC.CC.CN(C)c1ccc(NC2=CC(c3ccccc3)NC(C3CCOCC3)N2)cc1.[HH]. The van der Waals surface area contributed by atoms with Crippen molar-refractivity contribution in [3.8, 4) is 0 Å². The van der Waals surface area contributed by atoms with E-state index in [1.165, 1.54) is 11.3 Å². The summed E-state index contributed by atoms with van der Waals surface area (Å²) in [4.78, 5) is 2.11. The summed E-state index contributed by atoms with van der Waals surface area (Å²) < 4.78 is 5.57. The molecule has 2 unspecified atom stereocenters. The maximum absolute atomic E-state index is 5.57. The van der Waals surface area contributed by atoms with Crippen LogP contribution in [0.25, 0.3) is 0 Å². The van der Waals surface area contributed by atoms with Crippen LogP contribution in [0.2, 0.25) is 0 Å². The van der Waals surface area contributed by atoms with E-state index >= 15 is 0 Å². The van der Waals surface area contributed by atoms with Gasteiger partial charge in [-0.1, -0.05) is 58.0 Å². The predicted octanol–water partition coefficient (Wildman–Crippen LogP) is 5.99. The van der Waals surface area contributed by atoms with Crippen molar-refractivity contribution in [1.29, 1.82) is 0 Å². The molecule has 2 aliphatic heterocycles. The van der Waals surface area contributed by atoms with Gasteiger partial charge in [0.25, 0.3) is 0 Å². The monoisotopic (exact) mass is 440 g/mol. The van der Waals surface area contributed by atoms with E-state index in [-0.39, 0.29) is 13.6 Å². The fourth-order valence-corrected chi connectivity index (χ4v) is 3.90. The first-order valence-electron chi connectivity index (χ1n) is 12.1. The number of hydrogen-bond donors (Lipinski definition) is 3. The van der Waals surface area contributed by atoms with E-state index in [9.17, 15) is 0 Å². The molecule has 2 aromatic carbocycles. The number of nitrogens with zero attached hydrogens (tertiary/aromatic N) is 1. The minimum Gasteiger partial charge on any atom is -0.381 e. The number of anilines is 2. The molecule has 2 aromatic rings. The van der Waals surface area contributed by atoms with Gasteiger partial charge in [-0.25, -0.2) is 0 Å². The summed E-state index contributed by atoms with van der Waals surface area (Å²) in [6, 6.07) is 19.3. The van der Waals surface area contributed by atoms with Gasteiger partial charge in [0.05, 0.1) is 12.2 Å². The van der Waals surface area contributed by atoms with Gasteiger partial charge in [-0.15, -0.1) is 0 Å². The zero-order valence-corrected chi connectivity index (χ0v) is 20.7. The van der Waals surface area contributed by atoms with Gasteiger partial charge in [0.15, 0.2) is 0 Å². The van der Waals surface area contributed by atoms with E-state index in [2.05, 4.69) is 95.6 Å². The molecule has 0 radical (unpaired) electrons. The smallest absolute Gasteiger partial charge is 0.102 e. The largest absolute Gasteiger partial charge is 0.381 e. The Hall–Kier alpha value is -2.50. The molecule has 0 aromatic heterocycles. The van der Waals surface area contributed by atoms with Gasteiger partial charge in [0, 0.05) is 40.1 Å². The second-order valence-electron chi connectivity index (χ2n) is 7.77. The molecule has 2 aliphatic rings. The highest BCUT2D eigenvalue weighted by Gasteiger charge is 2.29. The van der Waals surface area contributed by atoms with Crippen molar-refractivity contribution in [3.05, 3.63) is 72.1 Å². The first kappa shape index (κ1) is 25.8. The van der Waals surface area contributed by atoms with Crippen molar-refractivity contribution in [3.63, 3.8) is 0 Å². The average Bonchev–Trinajstić information content (AvgIpc) is 2.88. The number of ether oxygens (including phenoxy) is 1. The first-order chi connectivity index (χ1) is 15.7. The predicted molar refractivity (Wildman–Crippen MR) is 140 cm³/mol. The first-order valence-corrected chi connectivity index (χ1v) is 12.1. The lowest BCUT2D eigenvalue weighted by Gasteiger charge is -2.38. The second-order valence-corrected chi connectivity index (χ2v) is 7.77. The van der Waals surface area contributed by atoms with E-state index in [4.69, 9.17) is 4.74 Å². The van der Waals surface area contributed by atoms with Crippen molar-refractivity contribution in [2.45, 2.75) is 52.7 Å². The summed E-state index contributed by atoms with van der Waals surface area (Å²) in [5, 5.41) is 11.0. The Morgan fingerprint density at radius 1 is 0.906 bits per heavy atom. The summed E-state index contributed by atoms with van der Waals surface area (Å²) in [6.07, 6.45) is 4.63. The van der Waals surface area contributed by atoms with Crippen LogP contribution in [0.4, 0.5) is 11.4 Å². The van der Waals surface area contributed by atoms with E-state index < -0.39 is 0 Å². The number of rotatable bonds is 5. The lowest BCUT2D eigenvalue weighted by atomic mass is 9.93. The third-order valence-corrected chi connectivity index (χ3v) is 5.56. The van der Waals surface area contributed by atoms with Crippen LogP contribution < -0.4 is 20.9 Å². The Bertz CT molecular complexity index is 790. The summed E-state index contributed by atoms with van der Waals surface area (Å²) in [7, 11) is 4.12. The molecular formula is C27H44N4O. The highest BCUT2D eigenvalue weighted by atomic mass is 16.5. The molecule has 5 heteroatoms. The van der Waals surface area contributed by atoms with Crippen LogP contribution in [-0.2, 0) is 4.74 Å². The maximum Gasteiger partial charge on any atom is 0.102 e. The van der Waals surface area contributed by atoms with Gasteiger partial charge in [-0.3, -0.25) is 5.32 Å². The lowest BCUT2D eigenvalue weighted by molar-refractivity contribution is 0.0481. The summed E-state index contributed by atoms with van der Waals surface area (Å²) >= 11 is 0. The number of hydrogen-bond acceptors (Lipinski definition) is 5. The molecule has 0 bridgehead atoms. The Morgan fingerprint density at radius 2 is 1.53 bits per heavy atom. The van der Waals surface area contributed by atoms with E-state index in [0.717, 1.165) is 37.6 Å². The minimum atomic E-state index is 0. The highest BCUT2D eigenvalue weighted by molar-refractivity contribution is 5.56. The van der Waals surface area contributed by atoms with Crippen molar-refractivity contribution in [1.82, 2.24) is 10.6 Å². The summed E-state index contributed by atoms with van der Waals surface area (Å²) in [5.74, 6) is 1.61. The van der Waals surface area contributed by atoms with Gasteiger partial charge >= 0.3 is 0 Å². The molecular weight excluding hydrogens is 396 g/mol. The van der Waals surface area contributed by atoms with Crippen molar-refractivity contribution in [2.24, 2.45) is 5.92 Å². The molecule has 4 rings (SSSR count). The fraction of sp³-hybridized carbons (Fsp3) is 0.481. The Labute approximate surface area is 196 Å². The standard InChI is InChI=1S/C23H30N4O.2C2H6.H2/c1-27(2)20-10-8-19(9-11-20)24-22-16-21(17-6-4-3-5-7-17)25-23(26-22)18-12-14-28-15-13-18;2*1-2;/h3-11,16,18,21,23-26H,12-15H2,1-2H3;2*1-2H3;1H. The molecule has 2 atom stereocenters. The molecule has 0 saturated carbocycles. The van der Waals surface area contributed by atoms with E-state index in [1.807, 2.05) is 27.7 Å². The molecule has 1 fully saturated rings. The Morgan fingerprint density at radius 3 is 2.12 bits per heavy atom. The lowest BCUT2D eigenvalue weighted by Crippen LogP contribution is -2.53. The minimum absolute atomic E-state index is 0.